The second kappa shape index (κ2) is 12.8. The summed E-state index contributed by atoms with van der Waals surface area (Å²) in [6, 6.07) is 26.7. The average Bonchev–Trinajstić information content (AvgIpc) is 2.86. The van der Waals surface area contributed by atoms with Crippen molar-refractivity contribution in [3.05, 3.63) is 108 Å². The molecular weight excluding hydrogens is 432 g/mol. The van der Waals surface area contributed by atoms with Gasteiger partial charge in [0.15, 0.2) is 0 Å². The van der Waals surface area contributed by atoms with E-state index < -0.39 is 24.0 Å². The number of aliphatic carboxylic acids is 1. The number of carboxylic acid groups (broad SMARTS) is 1. The Bertz CT molecular complexity index is 1020. The largest absolute Gasteiger partial charge is 0.480 e. The molecule has 0 unspecified atom stereocenters. The maximum atomic E-state index is 13.2. The molecule has 0 saturated heterocycles. The van der Waals surface area contributed by atoms with Crippen molar-refractivity contribution in [1.82, 2.24) is 10.6 Å². The number of nitrogens with one attached hydrogen (secondary N) is 2. The number of hydrogen-bond donors (Lipinski definition) is 3. The molecule has 3 aromatic carbocycles. The zero-order valence-corrected chi connectivity index (χ0v) is 18.7. The first-order chi connectivity index (χ1) is 16.5. The van der Waals surface area contributed by atoms with Crippen LogP contribution in [0.1, 0.15) is 35.4 Å². The van der Waals surface area contributed by atoms with Crippen molar-refractivity contribution < 1.29 is 24.2 Å². The van der Waals surface area contributed by atoms with Gasteiger partial charge in [-0.15, -0.1) is 0 Å². The predicted molar refractivity (Wildman–Crippen MR) is 128 cm³/mol. The van der Waals surface area contributed by atoms with Crippen molar-refractivity contribution in [3.8, 4) is 0 Å². The van der Waals surface area contributed by atoms with Gasteiger partial charge in [0.1, 0.15) is 12.6 Å². The highest BCUT2D eigenvalue weighted by Gasteiger charge is 2.27. The smallest absolute Gasteiger partial charge is 0.407 e. The summed E-state index contributed by atoms with van der Waals surface area (Å²) in [6.07, 6.45) is -0.0528. The Morgan fingerprint density at radius 1 is 0.794 bits per heavy atom. The summed E-state index contributed by atoms with van der Waals surface area (Å²) in [7, 11) is 0. The zero-order valence-electron chi connectivity index (χ0n) is 18.7. The molecule has 176 valence electrons. The van der Waals surface area contributed by atoms with Gasteiger partial charge in [-0.25, -0.2) is 9.59 Å². The highest BCUT2D eigenvalue weighted by atomic mass is 16.5. The molecular formula is C27H28N2O5. The van der Waals surface area contributed by atoms with Gasteiger partial charge in [0.05, 0.1) is 5.92 Å². The number of benzene rings is 3. The molecule has 0 aliphatic carbocycles. The van der Waals surface area contributed by atoms with Crippen molar-refractivity contribution in [1.29, 1.82) is 0 Å². The van der Waals surface area contributed by atoms with Gasteiger partial charge in [0.2, 0.25) is 5.91 Å². The number of amides is 2. The van der Waals surface area contributed by atoms with E-state index in [4.69, 9.17) is 4.74 Å². The number of carbonyl (C=O) groups excluding carboxylic acids is 2. The zero-order chi connectivity index (χ0) is 24.2. The Balaban J connectivity index is 1.52. The van der Waals surface area contributed by atoms with Crippen LogP contribution in [-0.2, 0) is 20.9 Å². The lowest BCUT2D eigenvalue weighted by Gasteiger charge is -2.21. The molecule has 0 saturated carbocycles. The van der Waals surface area contributed by atoms with Crippen LogP contribution in [0.2, 0.25) is 0 Å². The molecule has 34 heavy (non-hydrogen) atoms. The minimum atomic E-state index is -1.13. The van der Waals surface area contributed by atoms with Gasteiger partial charge in [-0.05, 0) is 29.5 Å². The van der Waals surface area contributed by atoms with Crippen molar-refractivity contribution in [2.24, 2.45) is 0 Å². The third kappa shape index (κ3) is 7.48. The van der Waals surface area contributed by atoms with Crippen LogP contribution in [0.3, 0.4) is 0 Å². The van der Waals surface area contributed by atoms with Crippen LogP contribution in [0.4, 0.5) is 4.79 Å². The van der Waals surface area contributed by atoms with Crippen LogP contribution in [0.5, 0.6) is 0 Å². The number of hydrogen-bond acceptors (Lipinski definition) is 4. The van der Waals surface area contributed by atoms with Crippen LogP contribution in [0.25, 0.3) is 0 Å². The number of alkyl carbamates (subject to hydrolysis) is 1. The Hall–Kier alpha value is -4.13. The first kappa shape index (κ1) is 24.5. The highest BCUT2D eigenvalue weighted by Crippen LogP contribution is 2.25. The fourth-order valence-corrected chi connectivity index (χ4v) is 3.57. The predicted octanol–water partition coefficient (Wildman–Crippen LogP) is 4.09. The van der Waals surface area contributed by atoms with Gasteiger partial charge >= 0.3 is 12.1 Å². The second-order valence-electron chi connectivity index (χ2n) is 7.78. The summed E-state index contributed by atoms with van der Waals surface area (Å²) in [5.41, 5.74) is 2.43. The first-order valence-corrected chi connectivity index (χ1v) is 11.1. The van der Waals surface area contributed by atoms with Crippen molar-refractivity contribution in [2.45, 2.75) is 31.4 Å². The van der Waals surface area contributed by atoms with E-state index in [2.05, 4.69) is 10.6 Å². The van der Waals surface area contributed by atoms with E-state index in [0.29, 0.717) is 6.42 Å². The van der Waals surface area contributed by atoms with Crippen LogP contribution in [-0.4, -0.2) is 35.7 Å². The molecule has 0 aromatic heterocycles. The van der Waals surface area contributed by atoms with Crippen LogP contribution in [0, 0.1) is 0 Å². The van der Waals surface area contributed by atoms with E-state index in [0.717, 1.165) is 16.7 Å². The molecule has 0 spiro atoms. The summed E-state index contributed by atoms with van der Waals surface area (Å²) in [5, 5.41) is 14.9. The molecule has 0 bridgehead atoms. The lowest BCUT2D eigenvalue weighted by molar-refractivity contribution is -0.142. The second-order valence-corrected chi connectivity index (χ2v) is 7.78. The van der Waals surface area contributed by atoms with E-state index >= 15 is 0 Å². The average molecular weight is 461 g/mol. The molecule has 0 aliphatic heterocycles. The maximum absolute atomic E-state index is 13.2. The molecule has 7 heteroatoms. The summed E-state index contributed by atoms with van der Waals surface area (Å²) < 4.78 is 5.14. The van der Waals surface area contributed by atoms with Gasteiger partial charge in [-0.3, -0.25) is 4.79 Å². The van der Waals surface area contributed by atoms with Crippen molar-refractivity contribution in [3.63, 3.8) is 0 Å². The van der Waals surface area contributed by atoms with Gasteiger partial charge in [0.25, 0.3) is 0 Å². The topological polar surface area (TPSA) is 105 Å². The molecule has 3 aromatic rings. The fourth-order valence-electron chi connectivity index (χ4n) is 3.57. The Kier molecular flexibility index (Phi) is 9.22. The molecule has 0 heterocycles. The first-order valence-electron chi connectivity index (χ1n) is 11.1. The van der Waals surface area contributed by atoms with E-state index in [1.807, 2.05) is 91.0 Å². The van der Waals surface area contributed by atoms with E-state index in [1.165, 1.54) is 0 Å². The Morgan fingerprint density at radius 3 is 1.85 bits per heavy atom. The molecule has 1 atom stereocenters. The summed E-state index contributed by atoms with van der Waals surface area (Å²) in [4.78, 5) is 36.8. The third-order valence-electron chi connectivity index (χ3n) is 5.29. The number of ether oxygens (including phenoxy) is 1. The van der Waals surface area contributed by atoms with Crippen LogP contribution >= 0.6 is 0 Å². The minimum Gasteiger partial charge on any atom is -0.480 e. The van der Waals surface area contributed by atoms with Crippen molar-refractivity contribution in [2.75, 3.05) is 6.54 Å². The normalized spacial score (nSPS) is 11.4. The number of rotatable bonds is 11. The number of carbonyl (C=O) groups is 3. The number of carboxylic acids is 1. The fraction of sp³-hybridized carbons (Fsp3) is 0.222. The lowest BCUT2D eigenvalue weighted by atomic mass is 9.90. The molecule has 3 N–H and O–H groups in total. The van der Waals surface area contributed by atoms with E-state index in [1.54, 1.807) is 0 Å². The monoisotopic (exact) mass is 460 g/mol. The molecule has 0 radical (unpaired) electrons. The minimum absolute atomic E-state index is 0.154. The Morgan fingerprint density at radius 2 is 1.32 bits per heavy atom. The van der Waals surface area contributed by atoms with Gasteiger partial charge in [0, 0.05) is 6.54 Å². The highest BCUT2D eigenvalue weighted by molar-refractivity contribution is 5.90. The third-order valence-corrected chi connectivity index (χ3v) is 5.29. The Labute approximate surface area is 198 Å². The van der Waals surface area contributed by atoms with Crippen LogP contribution in [0.15, 0.2) is 91.0 Å². The molecule has 3 rings (SSSR count). The SMILES string of the molecule is O=C(NCCC[C@@H](NC(=O)C(c1ccccc1)c1ccccc1)C(=O)O)OCc1ccccc1. The lowest BCUT2D eigenvalue weighted by Crippen LogP contribution is -2.43. The van der Waals surface area contributed by atoms with Gasteiger partial charge in [-0.1, -0.05) is 91.0 Å². The standard InChI is InChI=1S/C27H28N2O5/c30-25(24(21-13-6-2-7-14-21)22-15-8-3-9-16-22)29-23(26(31)32)17-10-18-28-27(33)34-19-20-11-4-1-5-12-20/h1-9,11-16,23-24H,10,17-19H2,(H,28,33)(H,29,30)(H,31,32)/t23-/m1/s1. The molecule has 2 amide bonds. The maximum Gasteiger partial charge on any atom is 0.407 e. The molecule has 0 aliphatic rings. The van der Waals surface area contributed by atoms with E-state index in [-0.39, 0.29) is 25.5 Å². The van der Waals surface area contributed by atoms with Crippen LogP contribution < -0.4 is 10.6 Å². The van der Waals surface area contributed by atoms with Gasteiger partial charge in [-0.2, -0.15) is 0 Å². The molecule has 0 fully saturated rings. The summed E-state index contributed by atoms with van der Waals surface area (Å²) in [6.45, 7) is 0.384. The summed E-state index contributed by atoms with van der Waals surface area (Å²) >= 11 is 0. The van der Waals surface area contributed by atoms with Crippen molar-refractivity contribution >= 4 is 18.0 Å². The van der Waals surface area contributed by atoms with E-state index in [9.17, 15) is 19.5 Å². The summed E-state index contributed by atoms with van der Waals surface area (Å²) in [5.74, 6) is -2.14. The van der Waals surface area contributed by atoms with Gasteiger partial charge < -0.3 is 20.5 Å². The quantitative estimate of drug-likeness (QED) is 0.374. The molecule has 7 nitrogen and oxygen atoms in total.